The van der Waals surface area contributed by atoms with Crippen molar-refractivity contribution in [2.24, 2.45) is 0 Å². The van der Waals surface area contributed by atoms with Crippen molar-refractivity contribution in [1.29, 1.82) is 0 Å². The van der Waals surface area contributed by atoms with E-state index in [1.165, 1.54) is 23.3 Å². The van der Waals surface area contributed by atoms with E-state index in [0.717, 1.165) is 72.9 Å². The van der Waals surface area contributed by atoms with Gasteiger partial charge in [-0.2, -0.15) is 0 Å². The molecule has 0 radical (unpaired) electrons. The number of thioether (sulfide) groups is 1. The number of thiophene rings is 1. The SMILES string of the molecule is O=c1c2c3c(sc2nc(SC[C@H]2CCCO2)n1C[C@@H]1CCCO1)CCCC3. The van der Waals surface area contributed by atoms with E-state index in [9.17, 15) is 4.79 Å². The predicted octanol–water partition coefficient (Wildman–Crippen LogP) is 3.79. The number of nitrogens with zero attached hydrogens (tertiary/aromatic N) is 2. The van der Waals surface area contributed by atoms with Crippen molar-refractivity contribution in [2.45, 2.75) is 75.3 Å². The van der Waals surface area contributed by atoms with Gasteiger partial charge in [0.1, 0.15) is 4.83 Å². The second kappa shape index (κ2) is 7.85. The molecule has 0 aromatic carbocycles. The minimum Gasteiger partial charge on any atom is -0.377 e. The third kappa shape index (κ3) is 3.59. The fourth-order valence-electron chi connectivity index (χ4n) is 4.43. The summed E-state index contributed by atoms with van der Waals surface area (Å²) in [6, 6.07) is 0. The first kappa shape index (κ1) is 18.2. The minimum atomic E-state index is 0.137. The molecule has 2 saturated heterocycles. The zero-order valence-corrected chi connectivity index (χ0v) is 17.2. The fourth-order valence-corrected chi connectivity index (χ4v) is 6.80. The topological polar surface area (TPSA) is 53.3 Å². The molecule has 0 amide bonds. The zero-order valence-electron chi connectivity index (χ0n) is 15.6. The Hall–Kier alpha value is -0.890. The fraction of sp³-hybridized carbons (Fsp3) is 0.700. The van der Waals surface area contributed by atoms with Gasteiger partial charge in [0.2, 0.25) is 0 Å². The molecule has 0 bridgehead atoms. The highest BCUT2D eigenvalue weighted by Crippen LogP contribution is 2.35. The summed E-state index contributed by atoms with van der Waals surface area (Å²) in [6.45, 7) is 2.29. The summed E-state index contributed by atoms with van der Waals surface area (Å²) >= 11 is 3.42. The lowest BCUT2D eigenvalue weighted by atomic mass is 9.97. The van der Waals surface area contributed by atoms with E-state index in [-0.39, 0.29) is 17.8 Å². The van der Waals surface area contributed by atoms with Crippen molar-refractivity contribution in [3.63, 3.8) is 0 Å². The van der Waals surface area contributed by atoms with Gasteiger partial charge in [-0.05, 0) is 56.9 Å². The zero-order chi connectivity index (χ0) is 18.2. The van der Waals surface area contributed by atoms with E-state index >= 15 is 0 Å². The molecule has 1 aliphatic carbocycles. The summed E-state index contributed by atoms with van der Waals surface area (Å²) in [6.07, 6.45) is 9.31. The van der Waals surface area contributed by atoms with Gasteiger partial charge >= 0.3 is 0 Å². The maximum absolute atomic E-state index is 13.5. The average molecular weight is 407 g/mol. The molecule has 0 N–H and O–H groups in total. The van der Waals surface area contributed by atoms with Crippen molar-refractivity contribution in [3.05, 3.63) is 20.8 Å². The van der Waals surface area contributed by atoms with Gasteiger partial charge in [0.15, 0.2) is 5.16 Å². The summed E-state index contributed by atoms with van der Waals surface area (Å²) in [4.78, 5) is 20.8. The molecule has 2 aromatic heterocycles. The Labute approximate surface area is 167 Å². The molecule has 0 spiro atoms. The van der Waals surface area contributed by atoms with Crippen LogP contribution in [-0.2, 0) is 28.9 Å². The smallest absolute Gasteiger partial charge is 0.263 e. The van der Waals surface area contributed by atoms with Crippen molar-refractivity contribution < 1.29 is 9.47 Å². The van der Waals surface area contributed by atoms with E-state index in [2.05, 4.69) is 0 Å². The van der Waals surface area contributed by atoms with Crippen LogP contribution >= 0.6 is 23.1 Å². The highest BCUT2D eigenvalue weighted by molar-refractivity contribution is 7.99. The first-order valence-corrected chi connectivity index (χ1v) is 12.0. The maximum Gasteiger partial charge on any atom is 0.263 e. The molecule has 27 heavy (non-hydrogen) atoms. The molecular weight excluding hydrogens is 380 g/mol. The van der Waals surface area contributed by atoms with Gasteiger partial charge in [-0.3, -0.25) is 9.36 Å². The van der Waals surface area contributed by atoms with E-state index in [1.54, 1.807) is 23.1 Å². The molecule has 2 fully saturated rings. The number of fused-ring (bicyclic) bond motifs is 3. The molecule has 5 nitrogen and oxygen atoms in total. The van der Waals surface area contributed by atoms with Crippen LogP contribution in [-0.4, -0.2) is 40.7 Å². The molecule has 0 saturated carbocycles. The quantitative estimate of drug-likeness (QED) is 0.559. The second-order valence-electron chi connectivity index (χ2n) is 7.78. The molecule has 2 aromatic rings. The highest BCUT2D eigenvalue weighted by Gasteiger charge is 2.25. The van der Waals surface area contributed by atoms with Crippen LogP contribution in [0.25, 0.3) is 10.2 Å². The Balaban J connectivity index is 1.54. The van der Waals surface area contributed by atoms with Gasteiger partial charge in [-0.1, -0.05) is 11.8 Å². The molecular formula is C20H26N2O3S2. The van der Waals surface area contributed by atoms with Gasteiger partial charge in [-0.25, -0.2) is 4.98 Å². The van der Waals surface area contributed by atoms with E-state index < -0.39 is 0 Å². The van der Waals surface area contributed by atoms with Crippen LogP contribution < -0.4 is 5.56 Å². The van der Waals surface area contributed by atoms with Crippen molar-refractivity contribution >= 4 is 33.3 Å². The van der Waals surface area contributed by atoms with Crippen LogP contribution in [0.2, 0.25) is 0 Å². The molecule has 2 atom stereocenters. The standard InChI is InChI=1S/C20H26N2O3S2/c23-19-17-15-7-1-2-8-16(15)27-18(17)21-20(26-12-14-6-4-10-25-14)22(19)11-13-5-3-9-24-13/h13-14H,1-12H2/t13-,14+/m0/s1. The van der Waals surface area contributed by atoms with Gasteiger partial charge in [0.25, 0.3) is 5.56 Å². The first-order chi connectivity index (χ1) is 13.3. The van der Waals surface area contributed by atoms with Gasteiger partial charge < -0.3 is 9.47 Å². The molecule has 146 valence electrons. The lowest BCUT2D eigenvalue weighted by molar-refractivity contribution is 0.0937. The number of rotatable bonds is 5. The molecule has 0 unspecified atom stereocenters. The van der Waals surface area contributed by atoms with E-state index in [1.807, 2.05) is 4.57 Å². The van der Waals surface area contributed by atoms with Crippen LogP contribution in [0.5, 0.6) is 0 Å². The Morgan fingerprint density at radius 1 is 1.07 bits per heavy atom. The lowest BCUT2D eigenvalue weighted by Gasteiger charge is -2.17. The number of hydrogen-bond donors (Lipinski definition) is 0. The normalized spacial score (nSPS) is 25.3. The number of hydrogen-bond acceptors (Lipinski definition) is 6. The summed E-state index contributed by atoms with van der Waals surface area (Å²) in [5.41, 5.74) is 1.42. The van der Waals surface area contributed by atoms with Crippen LogP contribution in [0, 0.1) is 0 Å². The largest absolute Gasteiger partial charge is 0.377 e. The van der Waals surface area contributed by atoms with Gasteiger partial charge in [-0.15, -0.1) is 11.3 Å². The highest BCUT2D eigenvalue weighted by atomic mass is 32.2. The second-order valence-corrected chi connectivity index (χ2v) is 9.85. The third-order valence-corrected chi connectivity index (χ3v) is 8.17. The van der Waals surface area contributed by atoms with Gasteiger partial charge in [0.05, 0.1) is 24.1 Å². The monoisotopic (exact) mass is 406 g/mol. The first-order valence-electron chi connectivity index (χ1n) is 10.2. The van der Waals surface area contributed by atoms with E-state index in [0.29, 0.717) is 6.54 Å². The number of aryl methyl sites for hydroxylation is 2. The van der Waals surface area contributed by atoms with Crippen molar-refractivity contribution in [3.8, 4) is 0 Å². The summed E-state index contributed by atoms with van der Waals surface area (Å²) in [5, 5.41) is 1.73. The predicted molar refractivity (Wildman–Crippen MR) is 109 cm³/mol. The molecule has 5 rings (SSSR count). The van der Waals surface area contributed by atoms with E-state index in [4.69, 9.17) is 14.5 Å². The number of aromatic nitrogens is 2. The van der Waals surface area contributed by atoms with Crippen molar-refractivity contribution in [2.75, 3.05) is 19.0 Å². The summed E-state index contributed by atoms with van der Waals surface area (Å²) in [7, 11) is 0. The maximum atomic E-state index is 13.5. The Bertz CT molecular complexity index is 879. The Morgan fingerprint density at radius 2 is 1.85 bits per heavy atom. The molecule has 7 heteroatoms. The summed E-state index contributed by atoms with van der Waals surface area (Å²) in [5.74, 6) is 0.870. The van der Waals surface area contributed by atoms with Crippen LogP contribution in [0.1, 0.15) is 49.0 Å². The van der Waals surface area contributed by atoms with Crippen molar-refractivity contribution in [1.82, 2.24) is 9.55 Å². The molecule has 3 aliphatic rings. The average Bonchev–Trinajstić information content (AvgIpc) is 3.43. The molecule has 4 heterocycles. The van der Waals surface area contributed by atoms with Crippen LogP contribution in [0.4, 0.5) is 0 Å². The Kier molecular flexibility index (Phi) is 5.28. The summed E-state index contributed by atoms with van der Waals surface area (Å²) < 4.78 is 13.5. The third-order valence-electron chi connectivity index (χ3n) is 5.87. The van der Waals surface area contributed by atoms with Crippen LogP contribution in [0.3, 0.4) is 0 Å². The number of ether oxygens (including phenoxy) is 2. The molecule has 2 aliphatic heterocycles. The lowest BCUT2D eigenvalue weighted by Crippen LogP contribution is -2.29. The van der Waals surface area contributed by atoms with Crippen LogP contribution in [0.15, 0.2) is 9.95 Å². The minimum absolute atomic E-state index is 0.137. The van der Waals surface area contributed by atoms with Gasteiger partial charge in [0, 0.05) is 23.8 Å². The Morgan fingerprint density at radius 3 is 2.63 bits per heavy atom.